The third-order valence-electron chi connectivity index (χ3n) is 2.10. The molecule has 8 heteroatoms. The molecule has 0 saturated carbocycles. The van der Waals surface area contributed by atoms with Crippen molar-refractivity contribution < 1.29 is 13.2 Å². The lowest BCUT2D eigenvalue weighted by Gasteiger charge is -2.11. The van der Waals surface area contributed by atoms with Crippen LogP contribution in [-0.2, 0) is 0 Å². The number of rotatable bonds is 5. The smallest absolute Gasteiger partial charge is 0.372 e. The van der Waals surface area contributed by atoms with E-state index in [-0.39, 0.29) is 18.0 Å². The molecule has 0 aromatic carbocycles. The molecule has 0 atom stereocenters. The first kappa shape index (κ1) is 15.2. The quantitative estimate of drug-likeness (QED) is 0.801. The Morgan fingerprint density at radius 3 is 2.39 bits per heavy atom. The summed E-state index contributed by atoms with van der Waals surface area (Å²) >= 11 is 11.7. The summed E-state index contributed by atoms with van der Waals surface area (Å²) in [5.41, 5.74) is 0. The van der Waals surface area contributed by atoms with Crippen LogP contribution in [0, 0.1) is 0 Å². The van der Waals surface area contributed by atoms with E-state index in [9.17, 15) is 13.2 Å². The monoisotopic (exact) mass is 301 g/mol. The summed E-state index contributed by atoms with van der Waals surface area (Å²) in [4.78, 5) is 4.06. The molecule has 0 spiro atoms. The fourth-order valence-corrected chi connectivity index (χ4v) is 1.78. The highest BCUT2D eigenvalue weighted by atomic mass is 35.5. The Hall–Kier alpha value is -0.880. The van der Waals surface area contributed by atoms with Gasteiger partial charge in [-0.05, 0) is 12.5 Å². The molecule has 0 amide bonds. The van der Waals surface area contributed by atoms with Crippen LogP contribution in [0.25, 0.3) is 0 Å². The minimum absolute atomic E-state index is 0.0426. The highest BCUT2D eigenvalue weighted by Crippen LogP contribution is 2.29. The second-order valence-electron chi connectivity index (χ2n) is 3.54. The highest BCUT2D eigenvalue weighted by Gasteiger charge is 2.25. The first-order valence-corrected chi connectivity index (χ1v) is 5.93. The first-order chi connectivity index (χ1) is 8.33. The van der Waals surface area contributed by atoms with E-state index in [1.165, 1.54) is 6.07 Å². The molecule has 0 radical (unpaired) electrons. The lowest BCUT2D eigenvalue weighted by atomic mass is 10.3. The molecule has 2 N–H and O–H groups in total. The maximum absolute atomic E-state index is 11.9. The average Bonchev–Trinajstić information content (AvgIpc) is 2.25. The summed E-state index contributed by atoms with van der Waals surface area (Å²) < 4.78 is 35.8. The van der Waals surface area contributed by atoms with Crippen molar-refractivity contribution in [2.45, 2.75) is 19.0 Å². The zero-order valence-electron chi connectivity index (χ0n) is 9.54. The molecule has 1 heterocycles. The van der Waals surface area contributed by atoms with Crippen molar-refractivity contribution in [3.05, 3.63) is 16.1 Å². The van der Waals surface area contributed by atoms with E-state index in [4.69, 9.17) is 23.2 Å². The largest absolute Gasteiger partial charge is 0.389 e. The van der Waals surface area contributed by atoms with Crippen molar-refractivity contribution in [3.8, 4) is 0 Å². The van der Waals surface area contributed by atoms with Gasteiger partial charge in [-0.25, -0.2) is 4.98 Å². The Labute approximate surface area is 113 Å². The molecule has 102 valence electrons. The molecule has 0 bridgehead atoms. The second-order valence-corrected chi connectivity index (χ2v) is 4.36. The van der Waals surface area contributed by atoms with Crippen LogP contribution < -0.4 is 10.6 Å². The molecular formula is C10H12Cl2F3N3. The Kier molecular flexibility index (Phi) is 5.34. The molecule has 1 aromatic rings. The Balaban J connectivity index is 2.57. The van der Waals surface area contributed by atoms with Crippen LogP contribution in [0.3, 0.4) is 0 Å². The lowest BCUT2D eigenvalue weighted by Crippen LogP contribution is -2.12. The zero-order chi connectivity index (χ0) is 13.8. The zero-order valence-corrected chi connectivity index (χ0v) is 11.0. The number of halogens is 5. The van der Waals surface area contributed by atoms with Crippen LogP contribution in [0.1, 0.15) is 12.8 Å². The molecule has 18 heavy (non-hydrogen) atoms. The highest BCUT2D eigenvalue weighted by molar-refractivity contribution is 6.37. The van der Waals surface area contributed by atoms with Gasteiger partial charge < -0.3 is 10.6 Å². The van der Waals surface area contributed by atoms with Crippen molar-refractivity contribution >= 4 is 34.8 Å². The predicted octanol–water partition coefficient (Wildman–Crippen LogP) is 4.18. The van der Waals surface area contributed by atoms with Crippen LogP contribution in [0.2, 0.25) is 10.0 Å². The fourth-order valence-electron chi connectivity index (χ4n) is 1.26. The summed E-state index contributed by atoms with van der Waals surface area (Å²) in [7, 11) is 1.63. The van der Waals surface area contributed by atoms with Gasteiger partial charge in [0.25, 0.3) is 0 Å². The maximum Gasteiger partial charge on any atom is 0.389 e. The SMILES string of the molecule is CNc1nc(NCCCC(F)(F)F)c(Cl)cc1Cl. The van der Waals surface area contributed by atoms with E-state index in [1.54, 1.807) is 7.05 Å². The van der Waals surface area contributed by atoms with Gasteiger partial charge in [0.1, 0.15) is 11.6 Å². The number of hydrogen-bond donors (Lipinski definition) is 2. The minimum atomic E-state index is -4.14. The van der Waals surface area contributed by atoms with Crippen LogP contribution in [-0.4, -0.2) is 24.8 Å². The standard InChI is InChI=1S/C10H12Cl2F3N3/c1-16-8-6(11)5-7(12)9(18-8)17-4-2-3-10(13,14)15/h5H,2-4H2,1H3,(H2,16,17,18). The molecular weight excluding hydrogens is 290 g/mol. The Morgan fingerprint density at radius 1 is 1.22 bits per heavy atom. The lowest BCUT2D eigenvalue weighted by molar-refractivity contribution is -0.134. The third kappa shape index (κ3) is 4.78. The van der Waals surface area contributed by atoms with Crippen LogP contribution in [0.15, 0.2) is 6.07 Å². The van der Waals surface area contributed by atoms with Gasteiger partial charge in [-0.3, -0.25) is 0 Å². The van der Waals surface area contributed by atoms with Gasteiger partial charge in [0.05, 0.1) is 10.0 Å². The van der Waals surface area contributed by atoms with Crippen molar-refractivity contribution in [1.82, 2.24) is 4.98 Å². The third-order valence-corrected chi connectivity index (χ3v) is 2.67. The molecule has 0 aliphatic heterocycles. The summed E-state index contributed by atoms with van der Waals surface area (Å²) in [5, 5.41) is 6.12. The summed E-state index contributed by atoms with van der Waals surface area (Å²) in [6.45, 7) is 0.136. The van der Waals surface area contributed by atoms with E-state index in [0.717, 1.165) is 0 Å². The van der Waals surface area contributed by atoms with Crippen molar-refractivity contribution in [3.63, 3.8) is 0 Å². The van der Waals surface area contributed by atoms with Gasteiger partial charge in [0, 0.05) is 20.0 Å². The van der Waals surface area contributed by atoms with Gasteiger partial charge >= 0.3 is 6.18 Å². The van der Waals surface area contributed by atoms with Gasteiger partial charge in [-0.15, -0.1) is 0 Å². The predicted molar refractivity (Wildman–Crippen MR) is 67.6 cm³/mol. The molecule has 0 fully saturated rings. The van der Waals surface area contributed by atoms with Gasteiger partial charge in [0.2, 0.25) is 0 Å². The Morgan fingerprint density at radius 2 is 1.83 bits per heavy atom. The van der Waals surface area contributed by atoms with Crippen LogP contribution >= 0.6 is 23.2 Å². The number of aromatic nitrogens is 1. The van der Waals surface area contributed by atoms with E-state index in [0.29, 0.717) is 16.7 Å². The number of pyridine rings is 1. The number of hydrogen-bond acceptors (Lipinski definition) is 3. The number of nitrogens with zero attached hydrogens (tertiary/aromatic N) is 1. The molecule has 1 rings (SSSR count). The van der Waals surface area contributed by atoms with Gasteiger partial charge in [-0.2, -0.15) is 13.2 Å². The topological polar surface area (TPSA) is 37.0 Å². The van der Waals surface area contributed by atoms with E-state index < -0.39 is 12.6 Å². The van der Waals surface area contributed by atoms with E-state index in [2.05, 4.69) is 15.6 Å². The number of anilines is 2. The van der Waals surface area contributed by atoms with Crippen LogP contribution in [0.5, 0.6) is 0 Å². The van der Waals surface area contributed by atoms with E-state index >= 15 is 0 Å². The summed E-state index contributed by atoms with van der Waals surface area (Å²) in [6, 6.07) is 1.48. The second kappa shape index (κ2) is 6.33. The van der Waals surface area contributed by atoms with Gasteiger partial charge in [0.15, 0.2) is 0 Å². The Bertz CT molecular complexity index is 410. The summed E-state index contributed by atoms with van der Waals surface area (Å²) in [5.74, 6) is 0.729. The normalized spacial score (nSPS) is 11.4. The molecule has 3 nitrogen and oxygen atoms in total. The fraction of sp³-hybridized carbons (Fsp3) is 0.500. The van der Waals surface area contributed by atoms with Gasteiger partial charge in [-0.1, -0.05) is 23.2 Å². The first-order valence-electron chi connectivity index (χ1n) is 5.18. The minimum Gasteiger partial charge on any atom is -0.372 e. The van der Waals surface area contributed by atoms with E-state index in [1.807, 2.05) is 0 Å². The molecule has 0 aliphatic carbocycles. The average molecular weight is 302 g/mol. The number of nitrogens with one attached hydrogen (secondary N) is 2. The molecule has 0 saturated heterocycles. The molecule has 1 aromatic heterocycles. The molecule has 0 aliphatic rings. The van der Waals surface area contributed by atoms with Crippen LogP contribution in [0.4, 0.5) is 24.8 Å². The number of alkyl halides is 3. The van der Waals surface area contributed by atoms with Crippen molar-refractivity contribution in [2.75, 3.05) is 24.2 Å². The van der Waals surface area contributed by atoms with Crippen molar-refractivity contribution in [2.24, 2.45) is 0 Å². The maximum atomic E-state index is 11.9. The summed E-state index contributed by atoms with van der Waals surface area (Å²) in [6.07, 6.45) is -5.03. The van der Waals surface area contributed by atoms with Crippen molar-refractivity contribution in [1.29, 1.82) is 0 Å². The molecule has 0 unspecified atom stereocenters.